The zero-order valence-electron chi connectivity index (χ0n) is 16.8. The van der Waals surface area contributed by atoms with Crippen molar-refractivity contribution >= 4 is 23.9 Å². The van der Waals surface area contributed by atoms with Crippen molar-refractivity contribution in [2.24, 2.45) is 5.92 Å². The first kappa shape index (κ1) is 21.9. The average molecular weight is 394 g/mol. The van der Waals surface area contributed by atoms with E-state index in [1.807, 2.05) is 32.0 Å². The minimum absolute atomic E-state index is 0.0173. The number of benzene rings is 2. The molecule has 6 nitrogen and oxygen atoms in total. The summed E-state index contributed by atoms with van der Waals surface area (Å²) in [6.07, 6.45) is 2.11. The van der Waals surface area contributed by atoms with Gasteiger partial charge in [-0.1, -0.05) is 68.3 Å². The highest BCUT2D eigenvalue weighted by Crippen LogP contribution is 2.11. The molecule has 0 radical (unpaired) electrons. The van der Waals surface area contributed by atoms with Crippen LogP contribution in [0.3, 0.4) is 0 Å². The molecule has 0 fully saturated rings. The second-order valence-electron chi connectivity index (χ2n) is 6.96. The van der Waals surface area contributed by atoms with E-state index in [-0.39, 0.29) is 11.6 Å². The quantitative estimate of drug-likeness (QED) is 0.598. The molecule has 0 aromatic heterocycles. The van der Waals surface area contributed by atoms with Crippen LogP contribution in [-0.4, -0.2) is 28.9 Å². The van der Waals surface area contributed by atoms with Gasteiger partial charge in [-0.15, -0.1) is 0 Å². The lowest BCUT2D eigenvalue weighted by Crippen LogP contribution is -2.47. The molecule has 0 aliphatic heterocycles. The number of hydrogen-bond acceptors (Lipinski definition) is 3. The molecule has 6 heteroatoms. The Morgan fingerprint density at radius 2 is 1.66 bits per heavy atom. The Bertz CT molecular complexity index is 889. The van der Waals surface area contributed by atoms with Crippen LogP contribution in [0.4, 0.5) is 0 Å². The number of aryl methyl sites for hydroxylation is 1. The Kier molecular flexibility index (Phi) is 7.71. The molecule has 2 rings (SSSR count). The van der Waals surface area contributed by atoms with Gasteiger partial charge < -0.3 is 15.7 Å². The molecule has 2 unspecified atom stereocenters. The summed E-state index contributed by atoms with van der Waals surface area (Å²) in [6.45, 7) is 5.52. The van der Waals surface area contributed by atoms with Crippen LogP contribution in [-0.2, 0) is 9.59 Å². The predicted molar refractivity (Wildman–Crippen MR) is 112 cm³/mol. The molecule has 3 N–H and O–H groups in total. The van der Waals surface area contributed by atoms with Gasteiger partial charge in [0.2, 0.25) is 0 Å². The lowest BCUT2D eigenvalue weighted by atomic mass is 9.99. The number of nitrogens with one attached hydrogen (secondary N) is 2. The second kappa shape index (κ2) is 10.2. The first-order valence-corrected chi connectivity index (χ1v) is 9.50. The number of aliphatic carboxylic acids is 1. The molecule has 2 aromatic carbocycles. The summed E-state index contributed by atoms with van der Waals surface area (Å²) in [5, 5.41) is 14.6. The maximum absolute atomic E-state index is 12.8. The van der Waals surface area contributed by atoms with Gasteiger partial charge in [0.25, 0.3) is 11.8 Å². The summed E-state index contributed by atoms with van der Waals surface area (Å²) in [6, 6.07) is 14.9. The molecule has 0 saturated carbocycles. The van der Waals surface area contributed by atoms with Gasteiger partial charge in [0.1, 0.15) is 11.7 Å². The molecule has 2 aromatic rings. The molecular weight excluding hydrogens is 368 g/mol. The summed E-state index contributed by atoms with van der Waals surface area (Å²) in [4.78, 5) is 37.0. The van der Waals surface area contributed by atoms with Crippen molar-refractivity contribution in [2.75, 3.05) is 0 Å². The van der Waals surface area contributed by atoms with E-state index in [2.05, 4.69) is 10.6 Å². The summed E-state index contributed by atoms with van der Waals surface area (Å²) in [5.74, 6) is -2.47. The molecule has 0 saturated heterocycles. The number of carboxylic acid groups (broad SMARTS) is 1. The van der Waals surface area contributed by atoms with Crippen LogP contribution in [0.15, 0.2) is 60.3 Å². The fourth-order valence-electron chi connectivity index (χ4n) is 2.68. The largest absolute Gasteiger partial charge is 0.480 e. The molecule has 0 aliphatic rings. The van der Waals surface area contributed by atoms with E-state index in [0.717, 1.165) is 5.56 Å². The summed E-state index contributed by atoms with van der Waals surface area (Å²) in [5.41, 5.74) is 2.10. The predicted octanol–water partition coefficient (Wildman–Crippen LogP) is 3.38. The monoisotopic (exact) mass is 394 g/mol. The van der Waals surface area contributed by atoms with Crippen LogP contribution in [0.1, 0.15) is 41.8 Å². The smallest absolute Gasteiger partial charge is 0.326 e. The van der Waals surface area contributed by atoms with Crippen LogP contribution < -0.4 is 10.6 Å². The van der Waals surface area contributed by atoms with Crippen molar-refractivity contribution in [1.29, 1.82) is 0 Å². The fourth-order valence-corrected chi connectivity index (χ4v) is 2.68. The first-order chi connectivity index (χ1) is 13.8. The van der Waals surface area contributed by atoms with Crippen molar-refractivity contribution in [3.05, 3.63) is 77.0 Å². The third-order valence-electron chi connectivity index (χ3n) is 4.68. The van der Waals surface area contributed by atoms with Gasteiger partial charge in [0, 0.05) is 5.56 Å². The fraction of sp³-hybridized carbons (Fsp3) is 0.261. The minimum atomic E-state index is -1.11. The SMILES string of the molecule is CCC(C)C(NC(=O)C(=Cc1ccccc1)NC(=O)c1ccc(C)cc1)C(=O)O. The molecule has 0 aliphatic carbocycles. The third-order valence-corrected chi connectivity index (χ3v) is 4.68. The van der Waals surface area contributed by atoms with E-state index in [1.54, 1.807) is 43.3 Å². The first-order valence-electron chi connectivity index (χ1n) is 9.50. The van der Waals surface area contributed by atoms with Gasteiger partial charge >= 0.3 is 5.97 Å². The molecule has 152 valence electrons. The lowest BCUT2D eigenvalue weighted by molar-refractivity contribution is -0.142. The molecule has 0 heterocycles. The Hall–Kier alpha value is -3.41. The highest BCUT2D eigenvalue weighted by Gasteiger charge is 2.27. The number of carboxylic acids is 1. The van der Waals surface area contributed by atoms with Crippen molar-refractivity contribution in [3.63, 3.8) is 0 Å². The Balaban J connectivity index is 2.30. The number of carbonyl (C=O) groups is 3. The summed E-state index contributed by atoms with van der Waals surface area (Å²) < 4.78 is 0. The van der Waals surface area contributed by atoms with Gasteiger partial charge in [0.05, 0.1) is 0 Å². The highest BCUT2D eigenvalue weighted by molar-refractivity contribution is 6.06. The third kappa shape index (κ3) is 6.31. The normalized spacial score (nSPS) is 13.3. The Morgan fingerprint density at radius 1 is 1.03 bits per heavy atom. The van der Waals surface area contributed by atoms with Crippen LogP contribution in [0.2, 0.25) is 0 Å². The van der Waals surface area contributed by atoms with Gasteiger partial charge in [0.15, 0.2) is 0 Å². The number of carbonyl (C=O) groups excluding carboxylic acids is 2. The van der Waals surface area contributed by atoms with E-state index >= 15 is 0 Å². The van der Waals surface area contributed by atoms with Crippen LogP contribution in [0.25, 0.3) is 6.08 Å². The highest BCUT2D eigenvalue weighted by atomic mass is 16.4. The van der Waals surface area contributed by atoms with Crippen molar-refractivity contribution < 1.29 is 19.5 Å². The Labute approximate surface area is 170 Å². The van der Waals surface area contributed by atoms with E-state index in [1.165, 1.54) is 6.08 Å². The number of amides is 2. The molecule has 0 spiro atoms. The van der Waals surface area contributed by atoms with E-state index in [9.17, 15) is 19.5 Å². The topological polar surface area (TPSA) is 95.5 Å². The van der Waals surface area contributed by atoms with Crippen LogP contribution >= 0.6 is 0 Å². The second-order valence-corrected chi connectivity index (χ2v) is 6.96. The standard InChI is InChI=1S/C23H26N2O4/c1-4-16(3)20(23(28)29)25-22(27)19(14-17-8-6-5-7-9-17)24-21(26)18-12-10-15(2)11-13-18/h5-14,16,20H,4H2,1-3H3,(H,24,26)(H,25,27)(H,28,29). The minimum Gasteiger partial charge on any atom is -0.480 e. The van der Waals surface area contributed by atoms with Gasteiger partial charge in [-0.05, 0) is 36.6 Å². The maximum atomic E-state index is 12.8. The summed E-state index contributed by atoms with van der Waals surface area (Å²) in [7, 11) is 0. The zero-order valence-corrected chi connectivity index (χ0v) is 16.8. The van der Waals surface area contributed by atoms with Gasteiger partial charge in [-0.2, -0.15) is 0 Å². The van der Waals surface area contributed by atoms with Crippen LogP contribution in [0, 0.1) is 12.8 Å². The van der Waals surface area contributed by atoms with E-state index in [0.29, 0.717) is 17.5 Å². The van der Waals surface area contributed by atoms with Crippen LogP contribution in [0.5, 0.6) is 0 Å². The van der Waals surface area contributed by atoms with E-state index in [4.69, 9.17) is 0 Å². The zero-order chi connectivity index (χ0) is 21.4. The molecule has 29 heavy (non-hydrogen) atoms. The lowest BCUT2D eigenvalue weighted by Gasteiger charge is -2.21. The molecule has 0 bridgehead atoms. The molecular formula is C23H26N2O4. The van der Waals surface area contributed by atoms with Crippen molar-refractivity contribution in [2.45, 2.75) is 33.2 Å². The Morgan fingerprint density at radius 3 is 2.21 bits per heavy atom. The van der Waals surface area contributed by atoms with Gasteiger partial charge in [-0.25, -0.2) is 4.79 Å². The van der Waals surface area contributed by atoms with Gasteiger partial charge in [-0.3, -0.25) is 9.59 Å². The molecule has 2 atom stereocenters. The van der Waals surface area contributed by atoms with E-state index < -0.39 is 23.8 Å². The molecule has 2 amide bonds. The maximum Gasteiger partial charge on any atom is 0.326 e. The number of hydrogen-bond donors (Lipinski definition) is 3. The average Bonchev–Trinajstić information content (AvgIpc) is 2.71. The van der Waals surface area contributed by atoms with Crippen molar-refractivity contribution in [3.8, 4) is 0 Å². The number of rotatable bonds is 8. The van der Waals surface area contributed by atoms with Crippen molar-refractivity contribution in [1.82, 2.24) is 10.6 Å². The summed E-state index contributed by atoms with van der Waals surface area (Å²) >= 11 is 0.